The summed E-state index contributed by atoms with van der Waals surface area (Å²) in [5, 5.41) is 11.6. The summed E-state index contributed by atoms with van der Waals surface area (Å²) in [6.45, 7) is 2.87. The number of nitrogens with one attached hydrogen (secondary N) is 1. The molecule has 2 aliphatic rings. The maximum atomic E-state index is 11.7. The zero-order valence-electron chi connectivity index (χ0n) is 10.1. The van der Waals surface area contributed by atoms with Gasteiger partial charge >= 0.3 is 5.97 Å². The van der Waals surface area contributed by atoms with Gasteiger partial charge in [0.1, 0.15) is 6.10 Å². The summed E-state index contributed by atoms with van der Waals surface area (Å²) < 4.78 is 5.17. The van der Waals surface area contributed by atoms with Crippen LogP contribution in [0.1, 0.15) is 39.0 Å². The van der Waals surface area contributed by atoms with Gasteiger partial charge in [0.2, 0.25) is 5.91 Å². The lowest BCUT2D eigenvalue weighted by atomic mass is 10.1. The number of carbonyl (C=O) groups is 2. The third kappa shape index (κ3) is 3.19. The van der Waals surface area contributed by atoms with Crippen molar-refractivity contribution in [1.82, 2.24) is 5.32 Å². The molecule has 0 radical (unpaired) electrons. The van der Waals surface area contributed by atoms with Gasteiger partial charge in [-0.2, -0.15) is 0 Å². The molecule has 1 aliphatic heterocycles. The highest BCUT2D eigenvalue weighted by Gasteiger charge is 2.37. The Balaban J connectivity index is 1.68. The summed E-state index contributed by atoms with van der Waals surface area (Å²) in [5.41, 5.74) is 0.424. The van der Waals surface area contributed by atoms with Crippen LogP contribution in [0.15, 0.2) is 0 Å². The highest BCUT2D eigenvalue weighted by Crippen LogP contribution is 2.47. The number of carbonyl (C=O) groups excluding carboxylic acids is 1. The highest BCUT2D eigenvalue weighted by molar-refractivity contribution is 5.82. The Labute approximate surface area is 101 Å². The van der Waals surface area contributed by atoms with Crippen molar-refractivity contribution in [2.24, 2.45) is 5.41 Å². The van der Waals surface area contributed by atoms with E-state index in [-0.39, 0.29) is 5.91 Å². The molecule has 0 bridgehead atoms. The topological polar surface area (TPSA) is 75.6 Å². The second-order valence-electron chi connectivity index (χ2n) is 5.38. The van der Waals surface area contributed by atoms with Crippen LogP contribution in [0, 0.1) is 5.41 Å². The van der Waals surface area contributed by atoms with Crippen LogP contribution in [-0.2, 0) is 14.3 Å². The molecule has 2 rings (SSSR count). The molecule has 1 heterocycles. The summed E-state index contributed by atoms with van der Waals surface area (Å²) >= 11 is 0. The van der Waals surface area contributed by atoms with Crippen molar-refractivity contribution in [2.75, 3.05) is 6.54 Å². The minimum absolute atomic E-state index is 0.169. The van der Waals surface area contributed by atoms with Crippen LogP contribution in [0.2, 0.25) is 0 Å². The number of ether oxygens (including phenoxy) is 1. The van der Waals surface area contributed by atoms with Gasteiger partial charge in [0, 0.05) is 6.54 Å². The van der Waals surface area contributed by atoms with Crippen molar-refractivity contribution in [3.8, 4) is 0 Å². The van der Waals surface area contributed by atoms with E-state index in [1.54, 1.807) is 0 Å². The van der Waals surface area contributed by atoms with Crippen LogP contribution < -0.4 is 5.32 Å². The number of hydrogen-bond acceptors (Lipinski definition) is 3. The zero-order valence-corrected chi connectivity index (χ0v) is 10.1. The van der Waals surface area contributed by atoms with Crippen LogP contribution in [0.4, 0.5) is 0 Å². The fraction of sp³-hybridized carbons (Fsp3) is 0.833. The number of aliphatic carboxylic acids is 1. The summed E-state index contributed by atoms with van der Waals surface area (Å²) in [4.78, 5) is 22.4. The lowest BCUT2D eigenvalue weighted by molar-refractivity contribution is -0.151. The number of rotatable bonds is 5. The molecule has 0 unspecified atom stereocenters. The first-order chi connectivity index (χ1) is 8.00. The van der Waals surface area contributed by atoms with Crippen molar-refractivity contribution < 1.29 is 19.4 Å². The molecule has 1 amide bonds. The molecule has 96 valence electrons. The molecule has 2 N–H and O–H groups in total. The molecule has 5 nitrogen and oxygen atoms in total. The Bertz CT molecular complexity index is 324. The fourth-order valence-corrected chi connectivity index (χ4v) is 2.08. The SMILES string of the molecule is CC1(CCNC(=O)[C@@H]2CC[C@H](C(=O)O)O2)CC1. The molecule has 0 aromatic rings. The van der Waals surface area contributed by atoms with E-state index in [2.05, 4.69) is 12.2 Å². The quantitative estimate of drug-likeness (QED) is 0.750. The number of hydrogen-bond donors (Lipinski definition) is 2. The van der Waals surface area contributed by atoms with Gasteiger partial charge in [-0.25, -0.2) is 4.79 Å². The van der Waals surface area contributed by atoms with Crippen molar-refractivity contribution in [2.45, 2.75) is 51.2 Å². The van der Waals surface area contributed by atoms with Crippen LogP contribution in [0.3, 0.4) is 0 Å². The summed E-state index contributed by atoms with van der Waals surface area (Å²) in [6.07, 6.45) is 3.00. The molecule has 0 aromatic heterocycles. The Morgan fingerprint density at radius 1 is 1.35 bits per heavy atom. The predicted octanol–water partition coefficient (Wildman–Crippen LogP) is 0.925. The number of carboxylic acids is 1. The van der Waals surface area contributed by atoms with E-state index in [1.165, 1.54) is 12.8 Å². The van der Waals surface area contributed by atoms with Gasteiger partial charge < -0.3 is 15.2 Å². The average molecular weight is 241 g/mol. The third-order valence-electron chi connectivity index (χ3n) is 3.72. The van der Waals surface area contributed by atoms with Gasteiger partial charge in [0.25, 0.3) is 0 Å². The van der Waals surface area contributed by atoms with E-state index >= 15 is 0 Å². The smallest absolute Gasteiger partial charge is 0.332 e. The molecule has 5 heteroatoms. The van der Waals surface area contributed by atoms with Crippen molar-refractivity contribution in [1.29, 1.82) is 0 Å². The maximum Gasteiger partial charge on any atom is 0.332 e. The van der Waals surface area contributed by atoms with E-state index < -0.39 is 18.2 Å². The van der Waals surface area contributed by atoms with Crippen LogP contribution in [0.5, 0.6) is 0 Å². The van der Waals surface area contributed by atoms with Gasteiger partial charge in [-0.15, -0.1) is 0 Å². The second kappa shape index (κ2) is 4.64. The normalized spacial score (nSPS) is 29.9. The minimum atomic E-state index is -0.981. The molecule has 0 aromatic carbocycles. The molecule has 1 aliphatic carbocycles. The molecule has 1 saturated carbocycles. The van der Waals surface area contributed by atoms with Crippen molar-refractivity contribution in [3.63, 3.8) is 0 Å². The summed E-state index contributed by atoms with van der Waals surface area (Å²) in [6, 6.07) is 0. The lowest BCUT2D eigenvalue weighted by Crippen LogP contribution is -2.36. The fourth-order valence-electron chi connectivity index (χ4n) is 2.08. The molecule has 1 saturated heterocycles. The van der Waals surface area contributed by atoms with Gasteiger partial charge in [0.15, 0.2) is 6.10 Å². The molecule has 2 fully saturated rings. The minimum Gasteiger partial charge on any atom is -0.479 e. The Hall–Kier alpha value is -1.10. The van der Waals surface area contributed by atoms with E-state index in [9.17, 15) is 9.59 Å². The second-order valence-corrected chi connectivity index (χ2v) is 5.38. The average Bonchev–Trinajstić information content (AvgIpc) is 2.83. The number of amides is 1. The molecule has 17 heavy (non-hydrogen) atoms. The van der Waals surface area contributed by atoms with E-state index in [0.29, 0.717) is 24.8 Å². The van der Waals surface area contributed by atoms with Gasteiger partial charge in [-0.1, -0.05) is 6.92 Å². The molecule has 2 atom stereocenters. The lowest BCUT2D eigenvalue weighted by Gasteiger charge is -2.13. The van der Waals surface area contributed by atoms with Crippen LogP contribution >= 0.6 is 0 Å². The highest BCUT2D eigenvalue weighted by atomic mass is 16.5. The van der Waals surface area contributed by atoms with Gasteiger partial charge in [0.05, 0.1) is 0 Å². The van der Waals surface area contributed by atoms with E-state index in [1.807, 2.05) is 0 Å². The van der Waals surface area contributed by atoms with Crippen LogP contribution in [-0.4, -0.2) is 35.7 Å². The van der Waals surface area contributed by atoms with E-state index in [4.69, 9.17) is 9.84 Å². The molecular weight excluding hydrogens is 222 g/mol. The zero-order chi connectivity index (χ0) is 12.5. The monoisotopic (exact) mass is 241 g/mol. The first kappa shape index (κ1) is 12.4. The Morgan fingerprint density at radius 3 is 2.53 bits per heavy atom. The number of carboxylic acid groups (broad SMARTS) is 1. The van der Waals surface area contributed by atoms with Crippen LogP contribution in [0.25, 0.3) is 0 Å². The largest absolute Gasteiger partial charge is 0.479 e. The third-order valence-corrected chi connectivity index (χ3v) is 3.72. The van der Waals surface area contributed by atoms with Gasteiger partial charge in [-0.05, 0) is 37.5 Å². The van der Waals surface area contributed by atoms with Crippen molar-refractivity contribution in [3.05, 3.63) is 0 Å². The molecular formula is C12H19NO4. The summed E-state index contributed by atoms with van der Waals surface area (Å²) in [7, 11) is 0. The first-order valence-electron chi connectivity index (χ1n) is 6.16. The van der Waals surface area contributed by atoms with E-state index in [0.717, 1.165) is 6.42 Å². The predicted molar refractivity (Wildman–Crippen MR) is 60.5 cm³/mol. The first-order valence-corrected chi connectivity index (χ1v) is 6.16. The van der Waals surface area contributed by atoms with Crippen molar-refractivity contribution >= 4 is 11.9 Å². The maximum absolute atomic E-state index is 11.7. The summed E-state index contributed by atoms with van der Waals surface area (Å²) in [5.74, 6) is -1.15. The van der Waals surface area contributed by atoms with Gasteiger partial charge in [-0.3, -0.25) is 4.79 Å². The molecule has 0 spiro atoms. The Morgan fingerprint density at radius 2 is 2.00 bits per heavy atom. The Kier molecular flexibility index (Phi) is 3.38. The standard InChI is InChI=1S/C12H19NO4/c1-12(4-5-12)6-7-13-10(14)8-2-3-9(17-8)11(15)16/h8-9H,2-7H2,1H3,(H,13,14)(H,15,16)/t8-,9+/m0/s1.